The molecule has 0 heterocycles. The summed E-state index contributed by atoms with van der Waals surface area (Å²) in [5.74, 6) is -9.94. The molecule has 2 atom stereocenters. The number of carbonyl (C=O) groups is 2. The van der Waals surface area contributed by atoms with Gasteiger partial charge in [-0.15, -0.1) is 11.6 Å². The van der Waals surface area contributed by atoms with E-state index in [2.05, 4.69) is 0 Å². The Labute approximate surface area is 105 Å². The number of halogens is 6. The number of nitrogens with one attached hydrogen (secondary N) is 1. The molecule has 0 spiro atoms. The highest BCUT2D eigenvalue weighted by atomic mass is 35.5. The Bertz CT molecular complexity index is 331. The Kier molecular flexibility index (Phi) is 5.52. The standard InChI is InChI=1S/C9H11ClF5NO2/c1-4(6(17)3-10)5(2)16-7(18)8(11,12)9(13,14)15/h4-5H,3H2,1-2H3,(H,16,18). The summed E-state index contributed by atoms with van der Waals surface area (Å²) in [6, 6.07) is -1.18. The van der Waals surface area contributed by atoms with Crippen molar-refractivity contribution in [2.45, 2.75) is 32.0 Å². The highest BCUT2D eigenvalue weighted by Gasteiger charge is 2.63. The summed E-state index contributed by atoms with van der Waals surface area (Å²) in [7, 11) is 0. The summed E-state index contributed by atoms with van der Waals surface area (Å²) >= 11 is 5.20. The fourth-order valence-corrected chi connectivity index (χ4v) is 1.20. The normalized spacial score (nSPS) is 16.0. The molecule has 0 aromatic rings. The molecule has 1 amide bonds. The van der Waals surface area contributed by atoms with Crippen LogP contribution in [-0.4, -0.2) is 35.7 Å². The van der Waals surface area contributed by atoms with Gasteiger partial charge in [0.15, 0.2) is 5.78 Å². The van der Waals surface area contributed by atoms with Crippen LogP contribution in [0.1, 0.15) is 13.8 Å². The average molecular weight is 296 g/mol. The van der Waals surface area contributed by atoms with Gasteiger partial charge in [-0.3, -0.25) is 9.59 Å². The van der Waals surface area contributed by atoms with E-state index in [4.69, 9.17) is 11.6 Å². The van der Waals surface area contributed by atoms with Crippen molar-refractivity contribution in [1.82, 2.24) is 5.32 Å². The lowest BCUT2D eigenvalue weighted by molar-refractivity contribution is -0.270. The lowest BCUT2D eigenvalue weighted by Crippen LogP contribution is -2.54. The van der Waals surface area contributed by atoms with Crippen molar-refractivity contribution < 1.29 is 31.5 Å². The van der Waals surface area contributed by atoms with Crippen LogP contribution >= 0.6 is 11.6 Å². The lowest BCUT2D eigenvalue weighted by Gasteiger charge is -2.24. The molecule has 0 fully saturated rings. The minimum atomic E-state index is -5.98. The van der Waals surface area contributed by atoms with E-state index >= 15 is 0 Å². The lowest BCUT2D eigenvalue weighted by atomic mass is 9.99. The van der Waals surface area contributed by atoms with Crippen molar-refractivity contribution in [1.29, 1.82) is 0 Å². The zero-order valence-electron chi connectivity index (χ0n) is 9.45. The van der Waals surface area contributed by atoms with Crippen molar-refractivity contribution in [3.05, 3.63) is 0 Å². The Morgan fingerprint density at radius 1 is 1.17 bits per heavy atom. The Morgan fingerprint density at radius 3 is 1.94 bits per heavy atom. The number of rotatable bonds is 5. The van der Waals surface area contributed by atoms with Gasteiger partial charge >= 0.3 is 18.0 Å². The third-order valence-corrected chi connectivity index (χ3v) is 2.65. The van der Waals surface area contributed by atoms with E-state index in [0.717, 1.165) is 6.92 Å². The molecule has 0 bridgehead atoms. The first-order valence-corrected chi connectivity index (χ1v) is 5.32. The maximum atomic E-state index is 12.6. The first kappa shape index (κ1) is 17.1. The summed E-state index contributed by atoms with van der Waals surface area (Å²) in [6.45, 7) is 2.40. The first-order chi connectivity index (χ1) is 7.95. The highest BCUT2D eigenvalue weighted by Crippen LogP contribution is 2.35. The molecule has 0 saturated heterocycles. The molecule has 0 aliphatic carbocycles. The number of carbonyl (C=O) groups excluding carboxylic acids is 2. The minimum absolute atomic E-state index is 0.420. The van der Waals surface area contributed by atoms with Gasteiger partial charge in [-0.25, -0.2) is 0 Å². The van der Waals surface area contributed by atoms with Gasteiger partial charge in [0, 0.05) is 12.0 Å². The third-order valence-electron chi connectivity index (χ3n) is 2.39. The van der Waals surface area contributed by atoms with E-state index in [1.165, 1.54) is 12.2 Å². The van der Waals surface area contributed by atoms with Crippen LogP contribution in [0.3, 0.4) is 0 Å². The molecule has 9 heteroatoms. The van der Waals surface area contributed by atoms with Crippen LogP contribution in [0.15, 0.2) is 0 Å². The van der Waals surface area contributed by atoms with Crippen molar-refractivity contribution in [2.75, 3.05) is 5.88 Å². The molecular weight excluding hydrogens is 285 g/mol. The summed E-state index contributed by atoms with van der Waals surface area (Å²) in [4.78, 5) is 21.9. The summed E-state index contributed by atoms with van der Waals surface area (Å²) in [6.07, 6.45) is -5.98. The molecule has 0 aliphatic rings. The highest BCUT2D eigenvalue weighted by molar-refractivity contribution is 6.27. The van der Waals surface area contributed by atoms with Crippen molar-refractivity contribution in [3.8, 4) is 0 Å². The third kappa shape index (κ3) is 3.79. The zero-order chi connectivity index (χ0) is 14.7. The molecule has 0 radical (unpaired) electrons. The second-order valence-electron chi connectivity index (χ2n) is 3.72. The predicted octanol–water partition coefficient (Wildman–Crippen LogP) is 2.13. The Balaban J connectivity index is 4.73. The van der Waals surface area contributed by atoms with Crippen LogP contribution in [0, 0.1) is 5.92 Å². The number of hydrogen-bond donors (Lipinski definition) is 1. The maximum absolute atomic E-state index is 12.6. The van der Waals surface area contributed by atoms with E-state index in [-0.39, 0.29) is 0 Å². The molecule has 0 saturated carbocycles. The molecule has 0 aromatic carbocycles. The van der Waals surface area contributed by atoms with Crippen molar-refractivity contribution in [3.63, 3.8) is 0 Å². The van der Waals surface area contributed by atoms with Crippen LogP contribution in [0.2, 0.25) is 0 Å². The fourth-order valence-electron chi connectivity index (χ4n) is 0.952. The van der Waals surface area contributed by atoms with E-state index in [9.17, 15) is 31.5 Å². The molecule has 2 unspecified atom stereocenters. The second kappa shape index (κ2) is 5.81. The first-order valence-electron chi connectivity index (χ1n) is 4.79. The van der Waals surface area contributed by atoms with Crippen molar-refractivity contribution >= 4 is 23.3 Å². The second-order valence-corrected chi connectivity index (χ2v) is 3.99. The maximum Gasteiger partial charge on any atom is 0.463 e. The molecule has 3 nitrogen and oxygen atoms in total. The number of hydrogen-bond acceptors (Lipinski definition) is 2. The van der Waals surface area contributed by atoms with Gasteiger partial charge in [0.1, 0.15) is 0 Å². The monoisotopic (exact) mass is 295 g/mol. The number of ketones is 1. The number of amides is 1. The molecule has 1 N–H and O–H groups in total. The SMILES string of the molecule is CC(NC(=O)C(F)(F)C(F)(F)F)C(C)C(=O)CCl. The van der Waals surface area contributed by atoms with E-state index in [1.807, 2.05) is 0 Å². The van der Waals surface area contributed by atoms with Gasteiger partial charge in [0.2, 0.25) is 0 Å². The van der Waals surface area contributed by atoms with Crippen LogP contribution in [-0.2, 0) is 9.59 Å². The topological polar surface area (TPSA) is 46.2 Å². The van der Waals surface area contributed by atoms with Gasteiger partial charge in [-0.2, -0.15) is 22.0 Å². The average Bonchev–Trinajstić information content (AvgIpc) is 2.24. The molecule has 0 aromatic heterocycles. The predicted molar refractivity (Wildman–Crippen MR) is 53.5 cm³/mol. The smallest absolute Gasteiger partial charge is 0.347 e. The minimum Gasteiger partial charge on any atom is -0.347 e. The van der Waals surface area contributed by atoms with Gasteiger partial charge in [0.25, 0.3) is 0 Å². The van der Waals surface area contributed by atoms with Gasteiger partial charge < -0.3 is 5.32 Å². The van der Waals surface area contributed by atoms with E-state index < -0.39 is 41.6 Å². The fraction of sp³-hybridized carbons (Fsp3) is 0.778. The van der Waals surface area contributed by atoms with Crippen LogP contribution in [0.25, 0.3) is 0 Å². The van der Waals surface area contributed by atoms with E-state index in [0.29, 0.717) is 0 Å². The molecule has 0 aliphatic heterocycles. The summed E-state index contributed by atoms with van der Waals surface area (Å²) in [5, 5.41) is 1.45. The van der Waals surface area contributed by atoms with Crippen molar-refractivity contribution in [2.24, 2.45) is 5.92 Å². The van der Waals surface area contributed by atoms with E-state index in [1.54, 1.807) is 0 Å². The summed E-state index contributed by atoms with van der Waals surface area (Å²) < 4.78 is 60.7. The van der Waals surface area contributed by atoms with Crippen LogP contribution < -0.4 is 5.32 Å². The number of Topliss-reactive ketones (excluding diaryl/α,β-unsaturated/α-hetero) is 1. The zero-order valence-corrected chi connectivity index (χ0v) is 10.2. The van der Waals surface area contributed by atoms with Crippen LogP contribution in [0.5, 0.6) is 0 Å². The molecule has 0 rings (SSSR count). The Hall–Kier alpha value is -0.920. The molecular formula is C9H11ClF5NO2. The largest absolute Gasteiger partial charge is 0.463 e. The van der Waals surface area contributed by atoms with Gasteiger partial charge in [0.05, 0.1) is 5.88 Å². The van der Waals surface area contributed by atoms with Gasteiger partial charge in [-0.05, 0) is 6.92 Å². The van der Waals surface area contributed by atoms with Crippen LogP contribution in [0.4, 0.5) is 22.0 Å². The molecule has 106 valence electrons. The van der Waals surface area contributed by atoms with Gasteiger partial charge in [-0.1, -0.05) is 6.92 Å². The summed E-state index contributed by atoms with van der Waals surface area (Å²) in [5.41, 5.74) is 0. The quantitative estimate of drug-likeness (QED) is 0.624. The number of alkyl halides is 6. The Morgan fingerprint density at radius 2 is 1.61 bits per heavy atom. The molecule has 18 heavy (non-hydrogen) atoms.